The highest BCUT2D eigenvalue weighted by atomic mass is 15.2. The van der Waals surface area contributed by atoms with Crippen LogP contribution in [0.15, 0.2) is 28.9 Å². The predicted octanol–water partition coefficient (Wildman–Crippen LogP) is 2.59. The van der Waals surface area contributed by atoms with Crippen LogP contribution in [0.3, 0.4) is 0 Å². The molecule has 2 aliphatic heterocycles. The Labute approximate surface area is 86.0 Å². The molecule has 2 nitrogen and oxygen atoms in total. The topological polar surface area (TPSA) is 15.6 Å². The highest BCUT2D eigenvalue weighted by Gasteiger charge is 2.28. The van der Waals surface area contributed by atoms with Crippen molar-refractivity contribution in [2.45, 2.75) is 33.2 Å². The van der Waals surface area contributed by atoms with E-state index in [9.17, 15) is 0 Å². The van der Waals surface area contributed by atoms with Crippen molar-refractivity contribution in [3.63, 3.8) is 0 Å². The molecule has 14 heavy (non-hydrogen) atoms. The van der Waals surface area contributed by atoms with E-state index in [1.165, 1.54) is 11.4 Å². The molecule has 0 saturated carbocycles. The van der Waals surface area contributed by atoms with Crippen molar-refractivity contribution in [3.8, 4) is 0 Å². The van der Waals surface area contributed by atoms with E-state index in [0.29, 0.717) is 12.0 Å². The Morgan fingerprint density at radius 2 is 2.36 bits per heavy atom. The van der Waals surface area contributed by atoms with Crippen LogP contribution in [-0.2, 0) is 0 Å². The van der Waals surface area contributed by atoms with E-state index >= 15 is 0 Å². The van der Waals surface area contributed by atoms with Crippen LogP contribution in [0.25, 0.3) is 0 Å². The van der Waals surface area contributed by atoms with Gasteiger partial charge >= 0.3 is 0 Å². The quantitative estimate of drug-likeness (QED) is 0.653. The van der Waals surface area contributed by atoms with Gasteiger partial charge in [0.2, 0.25) is 0 Å². The van der Waals surface area contributed by atoms with Crippen LogP contribution in [0.4, 0.5) is 0 Å². The zero-order valence-electron chi connectivity index (χ0n) is 9.20. The number of hydrogen-bond acceptors (Lipinski definition) is 2. The number of allylic oxidation sites excluding steroid dienone is 2. The number of rotatable bonds is 2. The summed E-state index contributed by atoms with van der Waals surface area (Å²) in [6.45, 7) is 7.73. The summed E-state index contributed by atoms with van der Waals surface area (Å²) in [6.07, 6.45) is 7.52. The second-order valence-electron chi connectivity index (χ2n) is 4.30. The predicted molar refractivity (Wildman–Crippen MR) is 60.3 cm³/mol. The molecule has 76 valence electrons. The smallest absolute Gasteiger partial charge is 0.131 e. The minimum absolute atomic E-state index is 0.475. The summed E-state index contributed by atoms with van der Waals surface area (Å²) in [5.74, 6) is 1.84. The first-order valence-electron chi connectivity index (χ1n) is 5.44. The number of hydrogen-bond donors (Lipinski definition) is 0. The van der Waals surface area contributed by atoms with Crippen LogP contribution in [0.1, 0.15) is 27.2 Å². The Morgan fingerprint density at radius 1 is 1.57 bits per heavy atom. The van der Waals surface area contributed by atoms with Crippen LogP contribution in [-0.4, -0.2) is 23.3 Å². The average molecular weight is 190 g/mol. The molecule has 0 spiro atoms. The molecule has 1 atom stereocenters. The summed E-state index contributed by atoms with van der Waals surface area (Å²) in [6, 6.07) is 0.475. The summed E-state index contributed by atoms with van der Waals surface area (Å²) in [7, 11) is 0. The monoisotopic (exact) mass is 190 g/mol. The molecule has 0 bridgehead atoms. The Kier molecular flexibility index (Phi) is 2.44. The maximum absolute atomic E-state index is 4.78. The van der Waals surface area contributed by atoms with Gasteiger partial charge in [0.1, 0.15) is 5.84 Å². The Hall–Kier alpha value is -1.05. The third-order valence-corrected chi connectivity index (χ3v) is 2.94. The Bertz CT molecular complexity index is 310. The van der Waals surface area contributed by atoms with Gasteiger partial charge in [0, 0.05) is 12.7 Å². The summed E-state index contributed by atoms with van der Waals surface area (Å²) < 4.78 is 0. The summed E-state index contributed by atoms with van der Waals surface area (Å²) in [5, 5.41) is 0. The molecular formula is C12H18N2. The standard InChI is InChI=1S/C12H18N2/c1-4-10-6-5-7-14-8-11(9(2)3)13-12(10)14/h5-7,9,11H,4,8H2,1-3H3. The number of amidine groups is 1. The normalized spacial score (nSPS) is 25.1. The fraction of sp³-hybridized carbons (Fsp3) is 0.583. The van der Waals surface area contributed by atoms with Crippen molar-refractivity contribution >= 4 is 5.84 Å². The first-order chi connectivity index (χ1) is 6.72. The third-order valence-electron chi connectivity index (χ3n) is 2.94. The van der Waals surface area contributed by atoms with Crippen molar-refractivity contribution in [1.29, 1.82) is 0 Å². The number of nitrogens with zero attached hydrogens (tertiary/aromatic N) is 2. The van der Waals surface area contributed by atoms with Gasteiger partial charge in [-0.15, -0.1) is 0 Å². The van der Waals surface area contributed by atoms with E-state index in [2.05, 4.69) is 44.0 Å². The molecule has 0 radical (unpaired) electrons. The van der Waals surface area contributed by atoms with Crippen LogP contribution in [0, 0.1) is 5.92 Å². The van der Waals surface area contributed by atoms with E-state index in [1.54, 1.807) is 0 Å². The Balaban J connectivity index is 2.24. The summed E-state index contributed by atoms with van der Waals surface area (Å²) in [4.78, 5) is 7.07. The second kappa shape index (κ2) is 3.60. The van der Waals surface area contributed by atoms with Gasteiger partial charge in [0.05, 0.1) is 6.04 Å². The van der Waals surface area contributed by atoms with Crippen molar-refractivity contribution in [3.05, 3.63) is 23.9 Å². The van der Waals surface area contributed by atoms with Gasteiger partial charge in [0.15, 0.2) is 0 Å². The van der Waals surface area contributed by atoms with Gasteiger partial charge < -0.3 is 4.90 Å². The van der Waals surface area contributed by atoms with Crippen molar-refractivity contribution in [1.82, 2.24) is 4.90 Å². The molecule has 0 aromatic rings. The van der Waals surface area contributed by atoms with E-state index in [1.807, 2.05) is 0 Å². The molecule has 2 heterocycles. The van der Waals surface area contributed by atoms with E-state index < -0.39 is 0 Å². The van der Waals surface area contributed by atoms with Crippen LogP contribution in [0.5, 0.6) is 0 Å². The lowest BCUT2D eigenvalue weighted by Crippen LogP contribution is -2.27. The minimum atomic E-state index is 0.475. The number of fused-ring (bicyclic) bond motifs is 1. The largest absolute Gasteiger partial charge is 0.331 e. The fourth-order valence-corrected chi connectivity index (χ4v) is 1.93. The van der Waals surface area contributed by atoms with Gasteiger partial charge in [-0.05, 0) is 24.0 Å². The van der Waals surface area contributed by atoms with Gasteiger partial charge in [-0.3, -0.25) is 4.99 Å². The molecule has 0 amide bonds. The summed E-state index contributed by atoms with van der Waals surface area (Å²) >= 11 is 0. The van der Waals surface area contributed by atoms with Crippen LogP contribution in [0.2, 0.25) is 0 Å². The highest BCUT2D eigenvalue weighted by Crippen LogP contribution is 2.24. The molecular weight excluding hydrogens is 172 g/mol. The van der Waals surface area contributed by atoms with Crippen LogP contribution < -0.4 is 0 Å². The summed E-state index contributed by atoms with van der Waals surface area (Å²) in [5.41, 5.74) is 1.37. The van der Waals surface area contributed by atoms with Crippen molar-refractivity contribution in [2.24, 2.45) is 10.9 Å². The van der Waals surface area contributed by atoms with Crippen LogP contribution >= 0.6 is 0 Å². The van der Waals surface area contributed by atoms with E-state index in [0.717, 1.165) is 13.0 Å². The number of aliphatic imine (C=N–C) groups is 1. The van der Waals surface area contributed by atoms with E-state index in [4.69, 9.17) is 4.99 Å². The van der Waals surface area contributed by atoms with Gasteiger partial charge in [-0.25, -0.2) is 0 Å². The van der Waals surface area contributed by atoms with Gasteiger partial charge in [0.25, 0.3) is 0 Å². The van der Waals surface area contributed by atoms with Crippen molar-refractivity contribution < 1.29 is 0 Å². The molecule has 2 rings (SSSR count). The zero-order chi connectivity index (χ0) is 10.1. The first-order valence-corrected chi connectivity index (χ1v) is 5.44. The maximum atomic E-state index is 4.78. The lowest BCUT2D eigenvalue weighted by molar-refractivity contribution is 0.446. The molecule has 0 aliphatic carbocycles. The van der Waals surface area contributed by atoms with Gasteiger partial charge in [-0.1, -0.05) is 26.8 Å². The fourth-order valence-electron chi connectivity index (χ4n) is 1.93. The SMILES string of the molecule is CCC1=CC=CN2CC(C(C)C)N=C12. The second-order valence-corrected chi connectivity index (χ2v) is 4.30. The molecule has 2 aliphatic rings. The molecule has 0 aromatic heterocycles. The first kappa shape index (κ1) is 9.50. The molecule has 0 fully saturated rings. The molecule has 1 unspecified atom stereocenters. The van der Waals surface area contributed by atoms with Gasteiger partial charge in [-0.2, -0.15) is 0 Å². The lowest BCUT2D eigenvalue weighted by atomic mass is 10.1. The lowest BCUT2D eigenvalue weighted by Gasteiger charge is -2.20. The molecule has 0 N–H and O–H groups in total. The highest BCUT2D eigenvalue weighted by molar-refractivity contribution is 6.01. The third kappa shape index (κ3) is 1.49. The molecule has 0 aromatic carbocycles. The van der Waals surface area contributed by atoms with Crippen molar-refractivity contribution in [2.75, 3.05) is 6.54 Å². The molecule has 2 heteroatoms. The Morgan fingerprint density at radius 3 is 3.00 bits per heavy atom. The average Bonchev–Trinajstić information content (AvgIpc) is 2.60. The maximum Gasteiger partial charge on any atom is 0.131 e. The zero-order valence-corrected chi connectivity index (χ0v) is 9.20. The van der Waals surface area contributed by atoms with E-state index in [-0.39, 0.29) is 0 Å². The molecule has 0 saturated heterocycles. The minimum Gasteiger partial charge on any atom is -0.331 e.